The number of amides is 1. The third-order valence-electron chi connectivity index (χ3n) is 5.78. The van der Waals surface area contributed by atoms with E-state index in [1.807, 2.05) is 36.1 Å². The van der Waals surface area contributed by atoms with Gasteiger partial charge in [-0.3, -0.25) is 4.79 Å². The van der Waals surface area contributed by atoms with Gasteiger partial charge in [0, 0.05) is 43.9 Å². The van der Waals surface area contributed by atoms with Crippen molar-refractivity contribution >= 4 is 23.2 Å². The first-order valence-electron chi connectivity index (χ1n) is 10.6. The number of carbonyl (C=O) groups is 1. The van der Waals surface area contributed by atoms with Crippen LogP contribution in [0.15, 0.2) is 42.5 Å². The number of carbonyl (C=O) groups excluding carboxylic acids is 1. The first-order chi connectivity index (χ1) is 14.5. The van der Waals surface area contributed by atoms with Crippen LogP contribution in [0, 0.1) is 0 Å². The summed E-state index contributed by atoms with van der Waals surface area (Å²) >= 11 is 6.18. The van der Waals surface area contributed by atoms with E-state index in [4.69, 9.17) is 21.1 Å². The lowest BCUT2D eigenvalue weighted by molar-refractivity contribution is -0.119. The van der Waals surface area contributed by atoms with Crippen LogP contribution in [0.5, 0.6) is 11.5 Å². The molecule has 162 valence electrons. The van der Waals surface area contributed by atoms with Crippen LogP contribution in [0.2, 0.25) is 5.02 Å². The molecule has 0 aliphatic carbocycles. The first-order valence-corrected chi connectivity index (χ1v) is 10.9. The SMILES string of the molecule is CCC(=O)N(c1ccc(Cl)c(OC)c1)C1CCN(CCc2ccc(OC)cc2)CC1. The highest BCUT2D eigenvalue weighted by Crippen LogP contribution is 2.32. The summed E-state index contributed by atoms with van der Waals surface area (Å²) in [5.41, 5.74) is 2.17. The van der Waals surface area contributed by atoms with E-state index in [0.29, 0.717) is 17.2 Å². The van der Waals surface area contributed by atoms with Gasteiger partial charge in [-0.05, 0) is 49.1 Å². The van der Waals surface area contributed by atoms with Crippen LogP contribution < -0.4 is 14.4 Å². The van der Waals surface area contributed by atoms with E-state index in [1.165, 1.54) is 5.56 Å². The molecule has 2 aromatic rings. The lowest BCUT2D eigenvalue weighted by Crippen LogP contribution is -2.47. The molecule has 6 heteroatoms. The Bertz CT molecular complexity index is 833. The quantitative estimate of drug-likeness (QED) is 0.602. The van der Waals surface area contributed by atoms with Crippen LogP contribution in [0.4, 0.5) is 5.69 Å². The van der Waals surface area contributed by atoms with Crippen molar-refractivity contribution in [3.63, 3.8) is 0 Å². The van der Waals surface area contributed by atoms with Gasteiger partial charge in [0.15, 0.2) is 0 Å². The number of ether oxygens (including phenoxy) is 2. The first kappa shape index (κ1) is 22.4. The van der Waals surface area contributed by atoms with E-state index < -0.39 is 0 Å². The van der Waals surface area contributed by atoms with Gasteiger partial charge in [0.1, 0.15) is 11.5 Å². The van der Waals surface area contributed by atoms with Crippen molar-refractivity contribution in [2.24, 2.45) is 0 Å². The maximum absolute atomic E-state index is 12.8. The normalized spacial score (nSPS) is 15.1. The molecule has 0 spiro atoms. The second-order valence-corrected chi connectivity index (χ2v) is 8.01. The minimum absolute atomic E-state index is 0.135. The van der Waals surface area contributed by atoms with Gasteiger partial charge in [0.25, 0.3) is 0 Å². The molecule has 0 aromatic heterocycles. The largest absolute Gasteiger partial charge is 0.497 e. The van der Waals surface area contributed by atoms with Gasteiger partial charge in [-0.2, -0.15) is 0 Å². The summed E-state index contributed by atoms with van der Waals surface area (Å²) in [5.74, 6) is 1.62. The zero-order chi connectivity index (χ0) is 21.5. The Balaban J connectivity index is 1.61. The Hall–Kier alpha value is -2.24. The average Bonchev–Trinajstić information content (AvgIpc) is 2.79. The molecule has 1 saturated heterocycles. The molecule has 3 rings (SSSR count). The number of hydrogen-bond acceptors (Lipinski definition) is 4. The fourth-order valence-corrected chi connectivity index (χ4v) is 4.20. The topological polar surface area (TPSA) is 42.0 Å². The van der Waals surface area contributed by atoms with E-state index in [9.17, 15) is 4.79 Å². The third-order valence-corrected chi connectivity index (χ3v) is 6.09. The number of hydrogen-bond donors (Lipinski definition) is 0. The molecule has 0 atom stereocenters. The number of nitrogens with zero attached hydrogens (tertiary/aromatic N) is 2. The van der Waals surface area contributed by atoms with E-state index in [0.717, 1.165) is 50.3 Å². The summed E-state index contributed by atoms with van der Waals surface area (Å²) in [6.45, 7) is 4.90. The smallest absolute Gasteiger partial charge is 0.226 e. The third kappa shape index (κ3) is 5.46. The molecule has 2 aromatic carbocycles. The highest BCUT2D eigenvalue weighted by molar-refractivity contribution is 6.32. The maximum atomic E-state index is 12.8. The molecule has 0 radical (unpaired) electrons. The van der Waals surface area contributed by atoms with E-state index in [1.54, 1.807) is 20.3 Å². The second kappa shape index (κ2) is 10.7. The van der Waals surface area contributed by atoms with Gasteiger partial charge >= 0.3 is 0 Å². The molecule has 1 fully saturated rings. The van der Waals surface area contributed by atoms with E-state index in [-0.39, 0.29) is 11.9 Å². The van der Waals surface area contributed by atoms with Crippen molar-refractivity contribution in [2.45, 2.75) is 38.6 Å². The lowest BCUT2D eigenvalue weighted by Gasteiger charge is -2.38. The number of piperidine rings is 1. The zero-order valence-corrected chi connectivity index (χ0v) is 18.8. The van der Waals surface area contributed by atoms with Crippen LogP contribution in [-0.2, 0) is 11.2 Å². The van der Waals surface area contributed by atoms with Gasteiger partial charge in [-0.25, -0.2) is 0 Å². The molecule has 1 amide bonds. The molecule has 0 unspecified atom stereocenters. The Kier molecular flexibility index (Phi) is 8.00. The van der Waals surface area contributed by atoms with Gasteiger partial charge in [-0.1, -0.05) is 30.7 Å². The molecule has 1 aliphatic heterocycles. The highest BCUT2D eigenvalue weighted by atomic mass is 35.5. The molecule has 0 bridgehead atoms. The van der Waals surface area contributed by atoms with Crippen LogP contribution in [0.25, 0.3) is 0 Å². The molecular weight excluding hydrogens is 400 g/mol. The molecule has 1 aliphatic rings. The van der Waals surface area contributed by atoms with Crippen LogP contribution in [0.3, 0.4) is 0 Å². The van der Waals surface area contributed by atoms with Crippen LogP contribution in [0.1, 0.15) is 31.7 Å². The number of halogens is 1. The minimum atomic E-state index is 0.135. The number of rotatable bonds is 8. The second-order valence-electron chi connectivity index (χ2n) is 7.61. The number of benzene rings is 2. The molecular formula is C24H31ClN2O3. The minimum Gasteiger partial charge on any atom is -0.497 e. The predicted octanol–water partition coefficient (Wildman–Crippen LogP) is 4.81. The number of methoxy groups -OCH3 is 2. The molecule has 0 N–H and O–H groups in total. The van der Waals surface area contributed by atoms with Crippen molar-refractivity contribution in [1.82, 2.24) is 4.90 Å². The van der Waals surface area contributed by atoms with Crippen molar-refractivity contribution in [3.8, 4) is 11.5 Å². The van der Waals surface area contributed by atoms with Crippen molar-refractivity contribution < 1.29 is 14.3 Å². The van der Waals surface area contributed by atoms with E-state index in [2.05, 4.69) is 17.0 Å². The number of likely N-dealkylation sites (tertiary alicyclic amines) is 1. The Morgan fingerprint density at radius 3 is 2.40 bits per heavy atom. The summed E-state index contributed by atoms with van der Waals surface area (Å²) < 4.78 is 10.6. The van der Waals surface area contributed by atoms with Crippen molar-refractivity contribution in [3.05, 3.63) is 53.1 Å². The summed E-state index contributed by atoms with van der Waals surface area (Å²) in [6, 6.07) is 14.0. The van der Waals surface area contributed by atoms with Crippen molar-refractivity contribution in [1.29, 1.82) is 0 Å². The Morgan fingerprint density at radius 2 is 1.80 bits per heavy atom. The number of anilines is 1. The molecule has 30 heavy (non-hydrogen) atoms. The summed E-state index contributed by atoms with van der Waals surface area (Å²) in [4.78, 5) is 17.2. The Labute approximate surface area is 184 Å². The molecule has 5 nitrogen and oxygen atoms in total. The molecule has 1 heterocycles. The highest BCUT2D eigenvalue weighted by Gasteiger charge is 2.28. The molecule has 0 saturated carbocycles. The fraction of sp³-hybridized carbons (Fsp3) is 0.458. The monoisotopic (exact) mass is 430 g/mol. The Morgan fingerprint density at radius 1 is 1.10 bits per heavy atom. The summed E-state index contributed by atoms with van der Waals surface area (Å²) in [7, 11) is 3.28. The maximum Gasteiger partial charge on any atom is 0.226 e. The van der Waals surface area contributed by atoms with E-state index >= 15 is 0 Å². The summed E-state index contributed by atoms with van der Waals surface area (Å²) in [5, 5.41) is 0.554. The fourth-order valence-electron chi connectivity index (χ4n) is 4.01. The average molecular weight is 431 g/mol. The lowest BCUT2D eigenvalue weighted by atomic mass is 10.0. The summed E-state index contributed by atoms with van der Waals surface area (Å²) in [6.07, 6.45) is 3.40. The van der Waals surface area contributed by atoms with Gasteiger partial charge < -0.3 is 19.3 Å². The predicted molar refractivity (Wildman–Crippen MR) is 122 cm³/mol. The van der Waals surface area contributed by atoms with Crippen molar-refractivity contribution in [2.75, 3.05) is 38.8 Å². The van der Waals surface area contributed by atoms with Crippen LogP contribution >= 0.6 is 11.6 Å². The van der Waals surface area contributed by atoms with Gasteiger partial charge in [0.05, 0.1) is 19.2 Å². The van der Waals surface area contributed by atoms with Gasteiger partial charge in [-0.15, -0.1) is 0 Å². The van der Waals surface area contributed by atoms with Crippen LogP contribution in [-0.4, -0.2) is 50.7 Å². The zero-order valence-electron chi connectivity index (χ0n) is 18.1. The van der Waals surface area contributed by atoms with Gasteiger partial charge in [0.2, 0.25) is 5.91 Å². The standard InChI is InChI=1S/C24H31ClN2O3/c1-4-24(28)27(20-7-10-22(25)23(17-20)30-3)19-12-15-26(16-13-19)14-11-18-5-8-21(29-2)9-6-18/h5-10,17,19H,4,11-16H2,1-3H3.